The Kier molecular flexibility index (Phi) is 3.97. The van der Waals surface area contributed by atoms with E-state index in [0.29, 0.717) is 43.7 Å². The number of nitrogens with zero attached hydrogens (tertiary/aromatic N) is 2. The zero-order chi connectivity index (χ0) is 17.5. The number of likely N-dealkylation sites (tertiary alicyclic amines) is 1. The standard InChI is InChI=1S/C17H22FN3O3/c1-16(2,3)24-15(23)21-6-4-17(5-7-21)9-11-8-12(18)10-19-13(11)20-14(17)22/h8,10H,4-7,9H2,1-3H3,(H,19,20,22). The molecule has 3 rings (SSSR count). The van der Waals surface area contributed by atoms with Crippen LogP contribution in [-0.2, 0) is 16.0 Å². The lowest BCUT2D eigenvalue weighted by Gasteiger charge is -2.43. The van der Waals surface area contributed by atoms with Gasteiger partial charge in [-0.25, -0.2) is 14.2 Å². The fraction of sp³-hybridized carbons (Fsp3) is 0.588. The van der Waals surface area contributed by atoms with Gasteiger partial charge in [-0.3, -0.25) is 4.79 Å². The molecule has 6 nitrogen and oxygen atoms in total. The smallest absolute Gasteiger partial charge is 0.410 e. The predicted molar refractivity (Wildman–Crippen MR) is 86.0 cm³/mol. The lowest BCUT2D eigenvalue weighted by atomic mass is 9.71. The fourth-order valence-electron chi connectivity index (χ4n) is 3.26. The Bertz CT molecular complexity index is 676. The van der Waals surface area contributed by atoms with Crippen LogP contribution in [0.15, 0.2) is 12.3 Å². The molecule has 0 aliphatic carbocycles. The summed E-state index contributed by atoms with van der Waals surface area (Å²) in [5.41, 5.74) is -0.447. The van der Waals surface area contributed by atoms with Gasteiger partial charge in [-0.1, -0.05) is 0 Å². The highest BCUT2D eigenvalue weighted by molar-refractivity contribution is 5.97. The first-order valence-corrected chi connectivity index (χ1v) is 8.12. The van der Waals surface area contributed by atoms with E-state index in [4.69, 9.17) is 4.74 Å². The van der Waals surface area contributed by atoms with Gasteiger partial charge in [0.25, 0.3) is 0 Å². The minimum atomic E-state index is -0.610. The molecule has 0 atom stereocenters. The van der Waals surface area contributed by atoms with Crippen molar-refractivity contribution >= 4 is 17.8 Å². The van der Waals surface area contributed by atoms with Crippen LogP contribution in [0.4, 0.5) is 15.0 Å². The van der Waals surface area contributed by atoms with E-state index in [1.54, 1.807) is 4.90 Å². The number of pyridine rings is 1. The van der Waals surface area contributed by atoms with Crippen molar-refractivity contribution in [3.8, 4) is 0 Å². The molecule has 1 spiro atoms. The Hall–Kier alpha value is -2.18. The molecule has 0 saturated carbocycles. The first-order chi connectivity index (χ1) is 11.2. The maximum absolute atomic E-state index is 13.4. The van der Waals surface area contributed by atoms with Gasteiger partial charge < -0.3 is 15.0 Å². The van der Waals surface area contributed by atoms with Crippen LogP contribution in [0.5, 0.6) is 0 Å². The van der Waals surface area contributed by atoms with Gasteiger partial charge in [0.1, 0.15) is 17.2 Å². The van der Waals surface area contributed by atoms with Crippen molar-refractivity contribution in [2.75, 3.05) is 18.4 Å². The van der Waals surface area contributed by atoms with E-state index in [1.165, 1.54) is 6.07 Å². The fourth-order valence-corrected chi connectivity index (χ4v) is 3.26. The molecule has 2 amide bonds. The second-order valence-corrected chi connectivity index (χ2v) is 7.54. The van der Waals surface area contributed by atoms with Gasteiger partial charge in [0, 0.05) is 13.1 Å². The zero-order valence-electron chi connectivity index (χ0n) is 14.2. The van der Waals surface area contributed by atoms with Crippen LogP contribution in [-0.4, -0.2) is 40.6 Å². The SMILES string of the molecule is CC(C)(C)OC(=O)N1CCC2(CC1)Cc1cc(F)cnc1NC2=O. The number of hydrogen-bond donors (Lipinski definition) is 1. The van der Waals surface area contributed by atoms with Crippen molar-refractivity contribution in [1.82, 2.24) is 9.88 Å². The van der Waals surface area contributed by atoms with Crippen LogP contribution in [0.3, 0.4) is 0 Å². The summed E-state index contributed by atoms with van der Waals surface area (Å²) in [5, 5.41) is 2.78. The van der Waals surface area contributed by atoms with Gasteiger partial charge in [0.2, 0.25) is 5.91 Å². The van der Waals surface area contributed by atoms with E-state index >= 15 is 0 Å². The minimum Gasteiger partial charge on any atom is -0.444 e. The number of carbonyl (C=O) groups excluding carboxylic acids is 2. The number of hydrogen-bond acceptors (Lipinski definition) is 4. The topological polar surface area (TPSA) is 71.5 Å². The van der Waals surface area contributed by atoms with E-state index in [0.717, 1.165) is 6.20 Å². The highest BCUT2D eigenvalue weighted by Gasteiger charge is 2.46. The number of amides is 2. The van der Waals surface area contributed by atoms with Crippen molar-refractivity contribution < 1.29 is 18.7 Å². The Balaban J connectivity index is 1.71. The summed E-state index contributed by atoms with van der Waals surface area (Å²) in [6, 6.07) is 1.42. The van der Waals surface area contributed by atoms with Crippen LogP contribution in [0.25, 0.3) is 0 Å². The summed E-state index contributed by atoms with van der Waals surface area (Å²) >= 11 is 0. The van der Waals surface area contributed by atoms with Gasteiger partial charge >= 0.3 is 6.09 Å². The van der Waals surface area contributed by atoms with Crippen molar-refractivity contribution in [1.29, 1.82) is 0 Å². The van der Waals surface area contributed by atoms with Gasteiger partial charge in [-0.2, -0.15) is 0 Å². The van der Waals surface area contributed by atoms with E-state index in [-0.39, 0.29) is 12.0 Å². The summed E-state index contributed by atoms with van der Waals surface area (Å²) in [7, 11) is 0. The molecule has 0 radical (unpaired) electrons. The van der Waals surface area contributed by atoms with Crippen molar-refractivity contribution in [2.45, 2.75) is 45.6 Å². The average Bonchev–Trinajstić information content (AvgIpc) is 2.48. The second kappa shape index (κ2) is 5.72. The summed E-state index contributed by atoms with van der Waals surface area (Å²) in [6.45, 7) is 6.36. The molecule has 130 valence electrons. The molecule has 1 fully saturated rings. The first kappa shape index (κ1) is 16.7. The summed E-state index contributed by atoms with van der Waals surface area (Å²) in [6.07, 6.45) is 2.23. The van der Waals surface area contributed by atoms with Crippen LogP contribution in [0, 0.1) is 11.2 Å². The van der Waals surface area contributed by atoms with Gasteiger partial charge in [-0.15, -0.1) is 0 Å². The summed E-state index contributed by atoms with van der Waals surface area (Å²) < 4.78 is 18.8. The van der Waals surface area contributed by atoms with Crippen LogP contribution < -0.4 is 5.32 Å². The Morgan fingerprint density at radius 2 is 2.04 bits per heavy atom. The number of anilines is 1. The normalized spacial score (nSPS) is 19.7. The number of piperidine rings is 1. The lowest BCUT2D eigenvalue weighted by molar-refractivity contribution is -0.129. The number of rotatable bonds is 0. The molecule has 1 aromatic heterocycles. The molecular formula is C17H22FN3O3. The van der Waals surface area contributed by atoms with E-state index < -0.39 is 16.8 Å². The zero-order valence-corrected chi connectivity index (χ0v) is 14.2. The highest BCUT2D eigenvalue weighted by Crippen LogP contribution is 2.41. The molecule has 2 aliphatic heterocycles. The molecule has 24 heavy (non-hydrogen) atoms. The Morgan fingerprint density at radius 3 is 2.67 bits per heavy atom. The predicted octanol–water partition coefficient (Wildman–Crippen LogP) is 2.73. The largest absolute Gasteiger partial charge is 0.444 e. The third-order valence-corrected chi connectivity index (χ3v) is 4.55. The molecule has 0 aromatic carbocycles. The molecular weight excluding hydrogens is 313 g/mol. The van der Waals surface area contributed by atoms with Crippen LogP contribution in [0.2, 0.25) is 0 Å². The number of nitrogens with one attached hydrogen (secondary N) is 1. The molecule has 1 saturated heterocycles. The first-order valence-electron chi connectivity index (χ1n) is 8.12. The summed E-state index contributed by atoms with van der Waals surface area (Å²) in [4.78, 5) is 30.3. The van der Waals surface area contributed by atoms with Gasteiger partial charge in [0.05, 0.1) is 11.6 Å². The molecule has 0 bridgehead atoms. The number of fused-ring (bicyclic) bond motifs is 1. The molecule has 3 heterocycles. The Morgan fingerprint density at radius 1 is 1.38 bits per heavy atom. The van der Waals surface area contributed by atoms with Crippen molar-refractivity contribution in [3.05, 3.63) is 23.6 Å². The molecule has 1 N–H and O–H groups in total. The van der Waals surface area contributed by atoms with Crippen LogP contribution in [0.1, 0.15) is 39.2 Å². The molecule has 1 aromatic rings. The number of aromatic nitrogens is 1. The van der Waals surface area contributed by atoms with Gasteiger partial charge in [0.15, 0.2) is 0 Å². The highest BCUT2D eigenvalue weighted by atomic mass is 19.1. The maximum Gasteiger partial charge on any atom is 0.410 e. The molecule has 7 heteroatoms. The lowest BCUT2D eigenvalue weighted by Crippen LogP contribution is -2.51. The Labute approximate surface area is 140 Å². The number of carbonyl (C=O) groups is 2. The summed E-state index contributed by atoms with van der Waals surface area (Å²) in [5.74, 6) is -0.0780. The van der Waals surface area contributed by atoms with Crippen LogP contribution >= 0.6 is 0 Å². The van der Waals surface area contributed by atoms with Crippen molar-refractivity contribution in [3.63, 3.8) is 0 Å². The number of halogens is 1. The monoisotopic (exact) mass is 335 g/mol. The molecule has 2 aliphatic rings. The third kappa shape index (κ3) is 3.20. The average molecular weight is 335 g/mol. The van der Waals surface area contributed by atoms with E-state index in [2.05, 4.69) is 10.3 Å². The quantitative estimate of drug-likeness (QED) is 0.791. The van der Waals surface area contributed by atoms with Gasteiger partial charge in [-0.05, 0) is 51.7 Å². The molecule has 0 unspecified atom stereocenters. The van der Waals surface area contributed by atoms with E-state index in [1.807, 2.05) is 20.8 Å². The number of ether oxygens (including phenoxy) is 1. The van der Waals surface area contributed by atoms with Crippen molar-refractivity contribution in [2.24, 2.45) is 5.41 Å². The van der Waals surface area contributed by atoms with E-state index in [9.17, 15) is 14.0 Å². The minimum absolute atomic E-state index is 0.0991. The second-order valence-electron chi connectivity index (χ2n) is 7.54. The maximum atomic E-state index is 13.4. The third-order valence-electron chi connectivity index (χ3n) is 4.55.